The van der Waals surface area contributed by atoms with Crippen molar-refractivity contribution in [1.29, 1.82) is 0 Å². The fourth-order valence-corrected chi connectivity index (χ4v) is 0.269. The van der Waals surface area contributed by atoms with Crippen LogP contribution in [0.25, 0.3) is 0 Å². The molecule has 0 fully saturated rings. The van der Waals surface area contributed by atoms with E-state index in [0.717, 1.165) is 6.54 Å². The van der Waals surface area contributed by atoms with Crippen molar-refractivity contribution >= 4 is 0 Å². The van der Waals surface area contributed by atoms with Gasteiger partial charge in [0, 0.05) is 6.54 Å². The van der Waals surface area contributed by atoms with Crippen molar-refractivity contribution in [1.82, 2.24) is 5.32 Å². The SMILES string of the molecule is C=CNC/C=C\C.CC.CC. The normalized spacial score (nSPS) is 7.00. The van der Waals surface area contributed by atoms with Crippen molar-refractivity contribution in [2.75, 3.05) is 6.54 Å². The Balaban J connectivity index is -0.000000138. The van der Waals surface area contributed by atoms with Crippen molar-refractivity contribution in [3.05, 3.63) is 24.9 Å². The van der Waals surface area contributed by atoms with Crippen LogP contribution in [0, 0.1) is 0 Å². The molecule has 0 unspecified atom stereocenters. The number of hydrogen-bond donors (Lipinski definition) is 1. The highest BCUT2D eigenvalue weighted by molar-refractivity contribution is 4.81. The predicted molar refractivity (Wildman–Crippen MR) is 55.7 cm³/mol. The number of nitrogens with one attached hydrogen (secondary N) is 1. The third-order valence-electron chi connectivity index (χ3n) is 0.616. The van der Waals surface area contributed by atoms with Crippen molar-refractivity contribution in [2.24, 2.45) is 0 Å². The van der Waals surface area contributed by atoms with Gasteiger partial charge in [-0.25, -0.2) is 0 Å². The van der Waals surface area contributed by atoms with Crippen LogP contribution in [0.4, 0.5) is 0 Å². The Morgan fingerprint density at radius 1 is 1.18 bits per heavy atom. The minimum Gasteiger partial charge on any atom is -0.388 e. The van der Waals surface area contributed by atoms with Crippen LogP contribution >= 0.6 is 0 Å². The van der Waals surface area contributed by atoms with E-state index in [1.807, 2.05) is 46.8 Å². The van der Waals surface area contributed by atoms with Gasteiger partial charge in [-0.2, -0.15) is 0 Å². The Labute approximate surface area is 72.2 Å². The van der Waals surface area contributed by atoms with Crippen molar-refractivity contribution in [3.8, 4) is 0 Å². The van der Waals surface area contributed by atoms with E-state index in [1.165, 1.54) is 0 Å². The Morgan fingerprint density at radius 3 is 1.91 bits per heavy atom. The molecule has 0 aromatic carbocycles. The average Bonchev–Trinajstić information content (AvgIpc) is 2.13. The molecule has 0 radical (unpaired) electrons. The summed E-state index contributed by atoms with van der Waals surface area (Å²) in [6, 6.07) is 0. The zero-order chi connectivity index (χ0) is 9.54. The smallest absolute Gasteiger partial charge is 0.0325 e. The summed E-state index contributed by atoms with van der Waals surface area (Å²) >= 11 is 0. The summed E-state index contributed by atoms with van der Waals surface area (Å²) in [6.45, 7) is 14.4. The molecule has 11 heavy (non-hydrogen) atoms. The van der Waals surface area contributed by atoms with Gasteiger partial charge in [-0.05, 0) is 13.1 Å². The van der Waals surface area contributed by atoms with Crippen molar-refractivity contribution in [2.45, 2.75) is 34.6 Å². The molecular weight excluding hydrogens is 134 g/mol. The monoisotopic (exact) mass is 157 g/mol. The summed E-state index contributed by atoms with van der Waals surface area (Å²) in [7, 11) is 0. The van der Waals surface area contributed by atoms with Crippen LogP contribution in [0.5, 0.6) is 0 Å². The van der Waals surface area contributed by atoms with Crippen LogP contribution in [0.1, 0.15) is 34.6 Å². The molecule has 1 heteroatoms. The number of allylic oxidation sites excluding steroid dienone is 1. The molecule has 0 amide bonds. The first-order valence-electron chi connectivity index (χ1n) is 4.37. The maximum atomic E-state index is 3.49. The zero-order valence-electron chi connectivity index (χ0n) is 8.65. The van der Waals surface area contributed by atoms with E-state index in [-0.39, 0.29) is 0 Å². The van der Waals surface area contributed by atoms with Crippen LogP contribution in [-0.2, 0) is 0 Å². The van der Waals surface area contributed by atoms with Gasteiger partial charge in [0.05, 0.1) is 0 Å². The summed E-state index contributed by atoms with van der Waals surface area (Å²) in [6.07, 6.45) is 5.71. The molecule has 1 N–H and O–H groups in total. The highest BCUT2D eigenvalue weighted by atomic mass is 14.8. The molecule has 68 valence electrons. The summed E-state index contributed by atoms with van der Waals surface area (Å²) in [5, 5.41) is 2.93. The van der Waals surface area contributed by atoms with Crippen LogP contribution in [0.2, 0.25) is 0 Å². The molecule has 0 aromatic rings. The van der Waals surface area contributed by atoms with Crippen LogP contribution in [0.3, 0.4) is 0 Å². The van der Waals surface area contributed by atoms with Gasteiger partial charge < -0.3 is 5.32 Å². The maximum absolute atomic E-state index is 3.49. The minimum atomic E-state index is 0.889. The van der Waals surface area contributed by atoms with E-state index in [1.54, 1.807) is 6.20 Å². The molecule has 0 atom stereocenters. The number of rotatable bonds is 3. The van der Waals surface area contributed by atoms with Gasteiger partial charge in [-0.15, -0.1) is 0 Å². The predicted octanol–water partition coefficient (Wildman–Crippen LogP) is 3.35. The van der Waals surface area contributed by atoms with Gasteiger partial charge in [0.25, 0.3) is 0 Å². The molecule has 0 aromatic heterocycles. The molecule has 0 aliphatic carbocycles. The average molecular weight is 157 g/mol. The van der Waals surface area contributed by atoms with E-state index in [4.69, 9.17) is 0 Å². The quantitative estimate of drug-likeness (QED) is 0.489. The second-order valence-electron chi connectivity index (χ2n) is 1.18. The van der Waals surface area contributed by atoms with E-state index in [2.05, 4.69) is 11.9 Å². The molecule has 0 saturated carbocycles. The van der Waals surface area contributed by atoms with E-state index in [9.17, 15) is 0 Å². The van der Waals surface area contributed by atoms with Gasteiger partial charge in [-0.3, -0.25) is 0 Å². The molecule has 0 spiro atoms. The third-order valence-corrected chi connectivity index (χ3v) is 0.616. The second-order valence-corrected chi connectivity index (χ2v) is 1.18. The summed E-state index contributed by atoms with van der Waals surface area (Å²) in [5.41, 5.74) is 0. The highest BCUT2D eigenvalue weighted by Crippen LogP contribution is 1.64. The molecule has 0 bridgehead atoms. The molecule has 0 rings (SSSR count). The van der Waals surface area contributed by atoms with Gasteiger partial charge >= 0.3 is 0 Å². The lowest BCUT2D eigenvalue weighted by molar-refractivity contribution is 0.988. The third kappa shape index (κ3) is 45.7. The summed E-state index contributed by atoms with van der Waals surface area (Å²) in [5.74, 6) is 0. The van der Waals surface area contributed by atoms with Crippen LogP contribution in [0.15, 0.2) is 24.9 Å². The van der Waals surface area contributed by atoms with Crippen molar-refractivity contribution < 1.29 is 0 Å². The Morgan fingerprint density at radius 2 is 1.64 bits per heavy atom. The molecule has 0 aliphatic rings. The van der Waals surface area contributed by atoms with E-state index < -0.39 is 0 Å². The second kappa shape index (κ2) is 34.7. The van der Waals surface area contributed by atoms with Crippen LogP contribution in [-0.4, -0.2) is 6.54 Å². The first-order valence-corrected chi connectivity index (χ1v) is 4.37. The Hall–Kier alpha value is -0.720. The van der Waals surface area contributed by atoms with Gasteiger partial charge in [0.15, 0.2) is 0 Å². The Kier molecular flexibility index (Phi) is 52.7. The lowest BCUT2D eigenvalue weighted by atomic mass is 10.5. The topological polar surface area (TPSA) is 12.0 Å². The molecule has 0 aliphatic heterocycles. The van der Waals surface area contributed by atoms with Crippen LogP contribution < -0.4 is 5.32 Å². The van der Waals surface area contributed by atoms with E-state index in [0.29, 0.717) is 0 Å². The van der Waals surface area contributed by atoms with Gasteiger partial charge in [0.2, 0.25) is 0 Å². The zero-order valence-corrected chi connectivity index (χ0v) is 8.65. The lowest BCUT2D eigenvalue weighted by Gasteiger charge is -1.87. The largest absolute Gasteiger partial charge is 0.388 e. The highest BCUT2D eigenvalue weighted by Gasteiger charge is 1.63. The van der Waals surface area contributed by atoms with Crippen molar-refractivity contribution in [3.63, 3.8) is 0 Å². The minimum absolute atomic E-state index is 0.889. The Bertz CT molecular complexity index is 65.3. The first kappa shape index (κ1) is 16.7. The fourth-order valence-electron chi connectivity index (χ4n) is 0.269. The maximum Gasteiger partial charge on any atom is 0.0325 e. The number of hydrogen-bond acceptors (Lipinski definition) is 1. The standard InChI is InChI=1S/C6H11N.2C2H6/c1-3-5-6-7-4-2;2*1-2/h3-5,7H,2,6H2,1H3;2*1-2H3/b5-3-;;. The molecule has 1 nitrogen and oxygen atoms in total. The lowest BCUT2D eigenvalue weighted by Crippen LogP contribution is -2.01. The van der Waals surface area contributed by atoms with Gasteiger partial charge in [0.1, 0.15) is 0 Å². The van der Waals surface area contributed by atoms with Gasteiger partial charge in [-0.1, -0.05) is 46.4 Å². The molecule has 0 heterocycles. The summed E-state index contributed by atoms with van der Waals surface area (Å²) in [4.78, 5) is 0. The molecule has 0 saturated heterocycles. The molecular formula is C10H23N. The fraction of sp³-hybridized carbons (Fsp3) is 0.600. The van der Waals surface area contributed by atoms with E-state index >= 15 is 0 Å². The summed E-state index contributed by atoms with van der Waals surface area (Å²) < 4.78 is 0. The first-order chi connectivity index (χ1) is 5.41.